The van der Waals surface area contributed by atoms with E-state index in [1.54, 1.807) is 19.1 Å². The zero-order valence-corrected chi connectivity index (χ0v) is 23.0. The molecule has 1 saturated heterocycles. The second kappa shape index (κ2) is 12.6. The van der Waals surface area contributed by atoms with Crippen LogP contribution in [0.4, 0.5) is 0 Å². The molecule has 42 heavy (non-hydrogen) atoms. The SMILES string of the molecule is Cc1nnc(-c2ccc(CNC(=O)CCCCCOc3cccc4c3C(=O)N(C3CCC(=O)NC3=O)C4=O)cc2)nn1. The number of aryl methyl sites for hydroxylation is 1. The lowest BCUT2D eigenvalue weighted by molar-refractivity contribution is -0.136. The molecular weight excluding hydrogens is 542 g/mol. The highest BCUT2D eigenvalue weighted by Crippen LogP contribution is 2.33. The van der Waals surface area contributed by atoms with E-state index in [4.69, 9.17) is 4.74 Å². The summed E-state index contributed by atoms with van der Waals surface area (Å²) >= 11 is 0. The summed E-state index contributed by atoms with van der Waals surface area (Å²) in [5.74, 6) is -1.12. The standard InChI is InChI=1S/C29H29N7O6/c1-17-32-34-26(35-33-17)19-11-9-18(10-12-19)16-30-23(37)8-3-2-4-15-42-22-7-5-6-20-25(22)29(41)36(28(20)40)21-13-14-24(38)31-27(21)39/h5-7,9-12,21H,2-4,8,13-16H2,1H3,(H,30,37)(H,31,38,39). The Morgan fingerprint density at radius 2 is 1.74 bits per heavy atom. The molecule has 216 valence electrons. The third kappa shape index (κ3) is 6.29. The minimum absolute atomic E-state index is 0.0544. The molecule has 0 radical (unpaired) electrons. The van der Waals surface area contributed by atoms with Crippen molar-refractivity contribution in [2.45, 2.75) is 58.0 Å². The molecule has 0 aliphatic carbocycles. The largest absolute Gasteiger partial charge is 0.493 e. The van der Waals surface area contributed by atoms with Crippen molar-refractivity contribution in [3.05, 3.63) is 65.0 Å². The van der Waals surface area contributed by atoms with Gasteiger partial charge in [-0.3, -0.25) is 34.2 Å². The highest BCUT2D eigenvalue weighted by atomic mass is 16.5. The summed E-state index contributed by atoms with van der Waals surface area (Å²) in [6.07, 6.45) is 2.53. The molecular formula is C29H29N7O6. The first-order valence-electron chi connectivity index (χ1n) is 13.7. The van der Waals surface area contributed by atoms with E-state index >= 15 is 0 Å². The summed E-state index contributed by atoms with van der Waals surface area (Å²) < 4.78 is 5.84. The van der Waals surface area contributed by atoms with Crippen molar-refractivity contribution in [3.8, 4) is 17.1 Å². The van der Waals surface area contributed by atoms with E-state index in [9.17, 15) is 24.0 Å². The molecule has 2 aliphatic heterocycles. The first-order valence-corrected chi connectivity index (χ1v) is 13.7. The number of nitrogens with zero attached hydrogens (tertiary/aromatic N) is 5. The summed E-state index contributed by atoms with van der Waals surface area (Å²) in [6, 6.07) is 11.2. The van der Waals surface area contributed by atoms with Crippen molar-refractivity contribution in [1.82, 2.24) is 35.9 Å². The Hall–Kier alpha value is -5.07. The molecule has 2 N–H and O–H groups in total. The molecule has 3 heterocycles. The number of aromatic nitrogens is 4. The Bertz CT molecular complexity index is 1520. The highest BCUT2D eigenvalue weighted by molar-refractivity contribution is 6.24. The van der Waals surface area contributed by atoms with Crippen molar-refractivity contribution in [2.75, 3.05) is 6.61 Å². The van der Waals surface area contributed by atoms with E-state index in [1.807, 2.05) is 24.3 Å². The van der Waals surface area contributed by atoms with Gasteiger partial charge < -0.3 is 10.1 Å². The van der Waals surface area contributed by atoms with Crippen LogP contribution < -0.4 is 15.4 Å². The third-order valence-corrected chi connectivity index (χ3v) is 7.02. The molecule has 1 fully saturated rings. The van der Waals surface area contributed by atoms with Crippen LogP contribution in [0.25, 0.3) is 11.4 Å². The van der Waals surface area contributed by atoms with Crippen LogP contribution in [0.2, 0.25) is 0 Å². The van der Waals surface area contributed by atoms with Crippen LogP contribution in [0.15, 0.2) is 42.5 Å². The minimum atomic E-state index is -1.03. The Morgan fingerprint density at radius 1 is 0.976 bits per heavy atom. The van der Waals surface area contributed by atoms with Gasteiger partial charge in [-0.05, 0) is 50.3 Å². The summed E-state index contributed by atoms with van der Waals surface area (Å²) in [5.41, 5.74) is 2.02. The van der Waals surface area contributed by atoms with E-state index < -0.39 is 29.7 Å². The van der Waals surface area contributed by atoms with Crippen molar-refractivity contribution < 1.29 is 28.7 Å². The van der Waals surface area contributed by atoms with E-state index in [0.717, 1.165) is 22.4 Å². The first kappa shape index (κ1) is 28.5. The summed E-state index contributed by atoms with van der Waals surface area (Å²) in [7, 11) is 0. The van der Waals surface area contributed by atoms with Crippen LogP contribution in [0.3, 0.4) is 0 Å². The van der Waals surface area contributed by atoms with E-state index in [2.05, 4.69) is 31.0 Å². The normalized spacial score (nSPS) is 16.3. The molecule has 2 aliphatic rings. The van der Waals surface area contributed by atoms with Crippen LogP contribution in [0.1, 0.15) is 70.6 Å². The van der Waals surface area contributed by atoms with E-state index in [-0.39, 0.29) is 35.6 Å². The van der Waals surface area contributed by atoms with Gasteiger partial charge in [0.2, 0.25) is 23.5 Å². The van der Waals surface area contributed by atoms with Crippen LogP contribution in [0.5, 0.6) is 5.75 Å². The number of amides is 5. The quantitative estimate of drug-likeness (QED) is 0.256. The maximum absolute atomic E-state index is 13.1. The van der Waals surface area contributed by atoms with Gasteiger partial charge in [-0.1, -0.05) is 30.3 Å². The average molecular weight is 572 g/mol. The average Bonchev–Trinajstić information content (AvgIpc) is 3.24. The second-order valence-electron chi connectivity index (χ2n) is 10.0. The number of ether oxygens (including phenoxy) is 1. The van der Waals surface area contributed by atoms with Crippen LogP contribution in [-0.4, -0.2) is 67.5 Å². The zero-order valence-electron chi connectivity index (χ0n) is 23.0. The zero-order chi connectivity index (χ0) is 29.6. The van der Waals surface area contributed by atoms with E-state index in [0.29, 0.717) is 44.1 Å². The predicted molar refractivity (Wildman–Crippen MR) is 147 cm³/mol. The number of fused-ring (bicyclic) bond motifs is 1. The fraction of sp³-hybridized carbons (Fsp3) is 0.345. The number of piperidine rings is 1. The highest BCUT2D eigenvalue weighted by Gasteiger charge is 2.45. The Balaban J connectivity index is 1.03. The maximum Gasteiger partial charge on any atom is 0.266 e. The molecule has 1 unspecified atom stereocenters. The summed E-state index contributed by atoms with van der Waals surface area (Å²) in [6.45, 7) is 2.41. The van der Waals surface area contributed by atoms with Crippen LogP contribution in [0, 0.1) is 6.92 Å². The first-order chi connectivity index (χ1) is 20.3. The number of hydrogen-bond donors (Lipinski definition) is 2. The molecule has 13 nitrogen and oxygen atoms in total. The molecule has 5 amide bonds. The number of imide groups is 2. The Morgan fingerprint density at radius 3 is 2.48 bits per heavy atom. The van der Waals surface area contributed by atoms with E-state index in [1.165, 1.54) is 6.07 Å². The molecule has 0 saturated carbocycles. The van der Waals surface area contributed by atoms with Crippen molar-refractivity contribution in [2.24, 2.45) is 0 Å². The second-order valence-corrected chi connectivity index (χ2v) is 10.0. The number of nitrogens with one attached hydrogen (secondary N) is 2. The summed E-state index contributed by atoms with van der Waals surface area (Å²) in [5, 5.41) is 20.9. The number of carbonyl (C=O) groups excluding carboxylic acids is 5. The van der Waals surface area contributed by atoms with Crippen molar-refractivity contribution in [1.29, 1.82) is 0 Å². The van der Waals surface area contributed by atoms with Gasteiger partial charge in [0.15, 0.2) is 5.82 Å². The lowest BCUT2D eigenvalue weighted by Crippen LogP contribution is -2.54. The Kier molecular flexibility index (Phi) is 8.55. The van der Waals surface area contributed by atoms with Gasteiger partial charge in [0.05, 0.1) is 17.7 Å². The fourth-order valence-electron chi connectivity index (χ4n) is 4.81. The van der Waals surface area contributed by atoms with Gasteiger partial charge in [0, 0.05) is 24.9 Å². The van der Waals surface area contributed by atoms with Crippen LogP contribution >= 0.6 is 0 Å². The monoisotopic (exact) mass is 571 g/mol. The number of rotatable bonds is 11. The lowest BCUT2D eigenvalue weighted by Gasteiger charge is -2.27. The minimum Gasteiger partial charge on any atom is -0.493 e. The van der Waals surface area contributed by atoms with Gasteiger partial charge in [-0.2, -0.15) is 0 Å². The molecule has 13 heteroatoms. The topological polar surface area (TPSA) is 173 Å². The van der Waals surface area contributed by atoms with Gasteiger partial charge >= 0.3 is 0 Å². The molecule has 1 atom stereocenters. The number of hydrogen-bond acceptors (Lipinski definition) is 10. The van der Waals surface area contributed by atoms with Crippen molar-refractivity contribution in [3.63, 3.8) is 0 Å². The lowest BCUT2D eigenvalue weighted by atomic mass is 10.0. The Labute approximate surface area is 241 Å². The molecule has 1 aromatic heterocycles. The molecule has 3 aromatic rings. The van der Waals surface area contributed by atoms with Gasteiger partial charge in [0.25, 0.3) is 11.8 Å². The number of benzene rings is 2. The molecule has 0 spiro atoms. The third-order valence-electron chi connectivity index (χ3n) is 7.02. The summed E-state index contributed by atoms with van der Waals surface area (Å²) in [4.78, 5) is 63.0. The van der Waals surface area contributed by atoms with Crippen LogP contribution in [-0.2, 0) is 20.9 Å². The predicted octanol–water partition coefficient (Wildman–Crippen LogP) is 1.90. The molecule has 2 aromatic carbocycles. The van der Waals surface area contributed by atoms with Gasteiger partial charge in [-0.25, -0.2) is 0 Å². The smallest absolute Gasteiger partial charge is 0.266 e. The fourth-order valence-corrected chi connectivity index (χ4v) is 4.81. The maximum atomic E-state index is 13.1. The number of carbonyl (C=O) groups is 5. The van der Waals surface area contributed by atoms with Crippen molar-refractivity contribution >= 4 is 29.5 Å². The number of unbranched alkanes of at least 4 members (excludes halogenated alkanes) is 2. The van der Waals surface area contributed by atoms with Gasteiger partial charge in [-0.15, -0.1) is 20.4 Å². The molecule has 0 bridgehead atoms. The molecule has 5 rings (SSSR count). The van der Waals surface area contributed by atoms with Gasteiger partial charge in [0.1, 0.15) is 11.8 Å².